The van der Waals surface area contributed by atoms with Gasteiger partial charge in [-0.15, -0.1) is 0 Å². The second kappa shape index (κ2) is 10.4. The van der Waals surface area contributed by atoms with Gasteiger partial charge in [0.15, 0.2) is 16.6 Å². The Morgan fingerprint density at radius 1 is 1.09 bits per heavy atom. The number of rotatable bonds is 6. The van der Waals surface area contributed by atoms with Gasteiger partial charge in [0, 0.05) is 4.47 Å². The zero-order valence-electron chi connectivity index (χ0n) is 18.8. The third-order valence-electron chi connectivity index (χ3n) is 5.29. The van der Waals surface area contributed by atoms with Crippen LogP contribution in [0, 0.1) is 12.7 Å². The maximum absolute atomic E-state index is 14.4. The first-order valence-corrected chi connectivity index (χ1v) is 11.7. The van der Waals surface area contributed by atoms with Crippen molar-refractivity contribution in [3.8, 4) is 11.5 Å². The number of halogens is 2. The molecule has 3 aromatic carbocycles. The summed E-state index contributed by atoms with van der Waals surface area (Å²) in [4.78, 5) is 26.8. The predicted octanol–water partition coefficient (Wildman–Crippen LogP) is 5.32. The zero-order valence-corrected chi connectivity index (χ0v) is 21.2. The molecule has 9 heteroatoms. The smallest absolute Gasteiger partial charge is 0.270 e. The molecule has 0 radical (unpaired) electrons. The number of hydrogen-bond acceptors (Lipinski definition) is 5. The maximum Gasteiger partial charge on any atom is 0.270 e. The monoisotopic (exact) mass is 554 g/mol. The molecule has 1 aliphatic heterocycles. The van der Waals surface area contributed by atoms with Crippen molar-refractivity contribution in [2.45, 2.75) is 13.5 Å². The van der Waals surface area contributed by atoms with Gasteiger partial charge in [-0.05, 0) is 60.6 Å². The first kappa shape index (κ1) is 24.6. The van der Waals surface area contributed by atoms with E-state index >= 15 is 0 Å². The number of anilines is 1. The summed E-state index contributed by atoms with van der Waals surface area (Å²) in [6.07, 6.45) is 1.39. The molecule has 0 aliphatic carbocycles. The first-order valence-electron chi connectivity index (χ1n) is 10.5. The number of nitrogens with one attached hydrogen (secondary N) is 1. The topological polar surface area (TPSA) is 67.9 Å². The number of hydrogen-bond donors (Lipinski definition) is 1. The number of carbonyl (C=O) groups is 2. The van der Waals surface area contributed by atoms with Crippen LogP contribution in [0.3, 0.4) is 0 Å². The van der Waals surface area contributed by atoms with Crippen LogP contribution in [0.4, 0.5) is 10.1 Å². The Labute approximate surface area is 215 Å². The standard InChI is InChI=1S/C26H20BrFN2O4S/c1-15-7-9-16(10-8-15)14-34-23-13-19(27)17(12-22(23)33-2)11-18-24(31)29-26(35)30(25(18)32)21-6-4-3-5-20(21)28/h3-13H,14H2,1-2H3,(H,29,31,35)/b18-11+. The molecular formula is C26H20BrFN2O4S. The normalized spacial score (nSPS) is 14.8. The van der Waals surface area contributed by atoms with Crippen molar-refractivity contribution in [1.82, 2.24) is 5.32 Å². The van der Waals surface area contributed by atoms with Crippen molar-refractivity contribution >= 4 is 56.8 Å². The minimum Gasteiger partial charge on any atom is -0.493 e. The molecule has 3 aromatic rings. The Bertz CT molecular complexity index is 1360. The molecule has 2 amide bonds. The highest BCUT2D eigenvalue weighted by atomic mass is 79.9. The molecule has 0 saturated carbocycles. The van der Waals surface area contributed by atoms with Crippen molar-refractivity contribution in [1.29, 1.82) is 0 Å². The van der Waals surface area contributed by atoms with Crippen LogP contribution in [-0.2, 0) is 16.2 Å². The summed E-state index contributed by atoms with van der Waals surface area (Å²) in [7, 11) is 1.50. The fourth-order valence-electron chi connectivity index (χ4n) is 3.44. The van der Waals surface area contributed by atoms with Gasteiger partial charge >= 0.3 is 0 Å². The molecule has 6 nitrogen and oxygen atoms in total. The molecule has 0 unspecified atom stereocenters. The second-order valence-corrected chi connectivity index (χ2v) is 8.95. The number of para-hydroxylation sites is 1. The average Bonchev–Trinajstić information content (AvgIpc) is 2.83. The van der Waals surface area contributed by atoms with E-state index in [4.69, 9.17) is 21.7 Å². The van der Waals surface area contributed by atoms with Gasteiger partial charge in [0.1, 0.15) is 18.0 Å². The van der Waals surface area contributed by atoms with Crippen LogP contribution in [0.25, 0.3) is 6.08 Å². The van der Waals surface area contributed by atoms with Crippen molar-refractivity contribution in [3.63, 3.8) is 0 Å². The van der Waals surface area contributed by atoms with E-state index in [9.17, 15) is 14.0 Å². The molecule has 1 N–H and O–H groups in total. The molecule has 1 heterocycles. The van der Waals surface area contributed by atoms with E-state index in [1.807, 2.05) is 31.2 Å². The highest BCUT2D eigenvalue weighted by molar-refractivity contribution is 9.10. The van der Waals surface area contributed by atoms with Gasteiger partial charge < -0.3 is 9.47 Å². The Hall–Kier alpha value is -3.56. The zero-order chi connectivity index (χ0) is 25.1. The summed E-state index contributed by atoms with van der Waals surface area (Å²) in [5.41, 5.74) is 2.38. The summed E-state index contributed by atoms with van der Waals surface area (Å²) in [5.74, 6) is -1.17. The lowest BCUT2D eigenvalue weighted by atomic mass is 10.1. The Morgan fingerprint density at radius 2 is 1.80 bits per heavy atom. The van der Waals surface area contributed by atoms with Crippen molar-refractivity contribution in [2.24, 2.45) is 0 Å². The number of amides is 2. The quantitative estimate of drug-likeness (QED) is 0.254. The van der Waals surface area contributed by atoms with Crippen LogP contribution in [0.1, 0.15) is 16.7 Å². The fraction of sp³-hybridized carbons (Fsp3) is 0.115. The Balaban J connectivity index is 1.65. The van der Waals surface area contributed by atoms with Crippen LogP contribution >= 0.6 is 28.1 Å². The minimum atomic E-state index is -0.741. The lowest BCUT2D eigenvalue weighted by molar-refractivity contribution is -0.122. The van der Waals surface area contributed by atoms with E-state index in [0.717, 1.165) is 16.0 Å². The van der Waals surface area contributed by atoms with Crippen LogP contribution in [0.15, 0.2) is 70.7 Å². The number of carbonyl (C=O) groups excluding carboxylic acids is 2. The number of thiocarbonyl (C=S) groups is 1. The number of benzene rings is 3. The molecule has 0 atom stereocenters. The molecule has 1 fully saturated rings. The highest BCUT2D eigenvalue weighted by Gasteiger charge is 2.35. The van der Waals surface area contributed by atoms with E-state index in [-0.39, 0.29) is 16.4 Å². The van der Waals surface area contributed by atoms with Crippen molar-refractivity contribution < 1.29 is 23.5 Å². The van der Waals surface area contributed by atoms with Crippen molar-refractivity contribution in [2.75, 3.05) is 12.0 Å². The summed E-state index contributed by atoms with van der Waals surface area (Å²) < 4.78 is 26.3. The molecule has 0 bridgehead atoms. The summed E-state index contributed by atoms with van der Waals surface area (Å²) >= 11 is 8.61. The van der Waals surface area contributed by atoms with Gasteiger partial charge in [0.05, 0.1) is 12.8 Å². The summed E-state index contributed by atoms with van der Waals surface area (Å²) in [6.45, 7) is 2.35. The van der Waals surface area contributed by atoms with E-state index in [1.54, 1.807) is 18.2 Å². The first-order chi connectivity index (χ1) is 16.8. The Morgan fingerprint density at radius 3 is 2.49 bits per heavy atom. The molecule has 1 saturated heterocycles. The number of ether oxygens (including phenoxy) is 2. The summed E-state index contributed by atoms with van der Waals surface area (Å²) in [5, 5.41) is 2.25. The van der Waals surface area contributed by atoms with Gasteiger partial charge in [0.2, 0.25) is 0 Å². The molecule has 4 rings (SSSR count). The third kappa shape index (κ3) is 5.26. The van der Waals surface area contributed by atoms with Crippen LogP contribution in [0.2, 0.25) is 0 Å². The molecular weight excluding hydrogens is 535 g/mol. The van der Waals surface area contributed by atoms with Gasteiger partial charge in [-0.1, -0.05) is 57.9 Å². The Kier molecular flexibility index (Phi) is 7.28. The van der Waals surface area contributed by atoms with Crippen LogP contribution in [-0.4, -0.2) is 24.0 Å². The number of aryl methyl sites for hydroxylation is 1. The lowest BCUT2D eigenvalue weighted by Crippen LogP contribution is -2.54. The van der Waals surface area contributed by atoms with Gasteiger partial charge in [-0.3, -0.25) is 14.9 Å². The van der Waals surface area contributed by atoms with Crippen LogP contribution < -0.4 is 19.7 Å². The maximum atomic E-state index is 14.4. The van der Waals surface area contributed by atoms with E-state index < -0.39 is 17.6 Å². The van der Waals surface area contributed by atoms with E-state index in [1.165, 1.54) is 31.4 Å². The molecule has 178 valence electrons. The SMILES string of the molecule is COc1cc(/C=C2\C(=O)NC(=S)N(c3ccccc3F)C2=O)c(Br)cc1OCc1ccc(C)cc1. The molecule has 1 aliphatic rings. The second-order valence-electron chi connectivity index (χ2n) is 7.71. The number of methoxy groups -OCH3 is 1. The predicted molar refractivity (Wildman–Crippen MR) is 139 cm³/mol. The molecule has 0 aromatic heterocycles. The van der Waals surface area contributed by atoms with E-state index in [2.05, 4.69) is 21.2 Å². The lowest BCUT2D eigenvalue weighted by Gasteiger charge is -2.29. The van der Waals surface area contributed by atoms with Crippen LogP contribution in [0.5, 0.6) is 11.5 Å². The molecule has 0 spiro atoms. The van der Waals surface area contributed by atoms with Gasteiger partial charge in [-0.2, -0.15) is 0 Å². The highest BCUT2D eigenvalue weighted by Crippen LogP contribution is 2.36. The minimum absolute atomic E-state index is 0.0510. The third-order valence-corrected chi connectivity index (χ3v) is 6.26. The summed E-state index contributed by atoms with van der Waals surface area (Å²) in [6, 6.07) is 17.0. The van der Waals surface area contributed by atoms with Crippen molar-refractivity contribution in [3.05, 3.63) is 93.2 Å². The van der Waals surface area contributed by atoms with Gasteiger partial charge in [0.25, 0.3) is 11.8 Å². The fourth-order valence-corrected chi connectivity index (χ4v) is 4.15. The molecule has 35 heavy (non-hydrogen) atoms. The van der Waals surface area contributed by atoms with Gasteiger partial charge in [-0.25, -0.2) is 9.29 Å². The average molecular weight is 555 g/mol. The number of nitrogens with zero attached hydrogens (tertiary/aromatic N) is 1. The van der Waals surface area contributed by atoms with E-state index in [0.29, 0.717) is 28.1 Å². The largest absolute Gasteiger partial charge is 0.493 e.